The molecule has 0 aliphatic rings. The molecule has 0 spiro atoms. The number of nitrogens with one attached hydrogen (secondary N) is 1. The molecule has 1 amide bonds. The number of halogens is 2. The fourth-order valence-electron chi connectivity index (χ4n) is 1.75. The van der Waals surface area contributed by atoms with Crippen LogP contribution in [0.25, 0.3) is 10.2 Å². The molecule has 0 aliphatic heterocycles. The molecule has 3 aromatic rings. The van der Waals surface area contributed by atoms with Gasteiger partial charge >= 0.3 is 0 Å². The van der Waals surface area contributed by atoms with Crippen LogP contribution in [0.15, 0.2) is 42.5 Å². The van der Waals surface area contributed by atoms with Gasteiger partial charge in [-0.2, -0.15) is 0 Å². The van der Waals surface area contributed by atoms with E-state index in [4.69, 9.17) is 11.6 Å². The van der Waals surface area contributed by atoms with Gasteiger partial charge in [-0.25, -0.2) is 9.37 Å². The Morgan fingerprint density at radius 3 is 2.90 bits per heavy atom. The molecule has 3 nitrogen and oxygen atoms in total. The summed E-state index contributed by atoms with van der Waals surface area (Å²) < 4.78 is 14.0. The maximum atomic E-state index is 13.1. The molecule has 100 valence electrons. The lowest BCUT2D eigenvalue weighted by atomic mass is 10.2. The maximum Gasteiger partial charge on any atom is 0.257 e. The van der Waals surface area contributed by atoms with Gasteiger partial charge in [-0.3, -0.25) is 10.1 Å². The molecule has 0 saturated heterocycles. The van der Waals surface area contributed by atoms with Crippen molar-refractivity contribution in [3.05, 3.63) is 58.9 Å². The van der Waals surface area contributed by atoms with Gasteiger partial charge in [0, 0.05) is 10.6 Å². The van der Waals surface area contributed by atoms with E-state index < -0.39 is 11.7 Å². The van der Waals surface area contributed by atoms with E-state index in [2.05, 4.69) is 10.3 Å². The number of hydrogen-bond acceptors (Lipinski definition) is 3. The molecular weight excluding hydrogens is 299 g/mol. The molecule has 1 N–H and O–H groups in total. The third-order valence-electron chi connectivity index (χ3n) is 2.66. The van der Waals surface area contributed by atoms with Crippen molar-refractivity contribution < 1.29 is 9.18 Å². The molecule has 0 fully saturated rings. The summed E-state index contributed by atoms with van der Waals surface area (Å²) >= 11 is 7.21. The zero-order chi connectivity index (χ0) is 14.1. The summed E-state index contributed by atoms with van der Waals surface area (Å²) in [7, 11) is 0. The molecule has 0 bridgehead atoms. The summed E-state index contributed by atoms with van der Waals surface area (Å²) in [5, 5.41) is 3.72. The number of rotatable bonds is 2. The van der Waals surface area contributed by atoms with E-state index in [1.807, 2.05) is 0 Å². The van der Waals surface area contributed by atoms with Crippen LogP contribution < -0.4 is 5.32 Å². The summed E-state index contributed by atoms with van der Waals surface area (Å²) in [5.74, 6) is -0.844. The summed E-state index contributed by atoms with van der Waals surface area (Å²) in [6, 6.07) is 10.8. The summed E-state index contributed by atoms with van der Waals surface area (Å²) in [6.45, 7) is 0. The number of nitrogens with zero attached hydrogens (tertiary/aromatic N) is 1. The maximum absolute atomic E-state index is 13.1. The fourth-order valence-corrected chi connectivity index (χ4v) is 2.89. The van der Waals surface area contributed by atoms with E-state index in [-0.39, 0.29) is 5.56 Å². The first-order valence-corrected chi connectivity index (χ1v) is 6.94. The van der Waals surface area contributed by atoms with Crippen molar-refractivity contribution in [3.63, 3.8) is 0 Å². The number of anilines is 1. The second-order valence-electron chi connectivity index (χ2n) is 4.10. The Labute approximate surface area is 123 Å². The van der Waals surface area contributed by atoms with Gasteiger partial charge in [0.2, 0.25) is 0 Å². The first-order chi connectivity index (χ1) is 9.61. The SMILES string of the molecule is O=C(Nc1nc2ccc(Cl)cc2s1)c1cccc(F)c1. The van der Waals surface area contributed by atoms with Crippen LogP contribution in [0.5, 0.6) is 0 Å². The van der Waals surface area contributed by atoms with Gasteiger partial charge in [0.1, 0.15) is 5.82 Å². The average molecular weight is 307 g/mol. The molecule has 0 aliphatic carbocycles. The number of thiazole rings is 1. The van der Waals surface area contributed by atoms with Crippen molar-refractivity contribution >= 4 is 44.2 Å². The van der Waals surface area contributed by atoms with Crippen molar-refractivity contribution in [1.82, 2.24) is 4.98 Å². The third kappa shape index (κ3) is 2.64. The Balaban J connectivity index is 1.87. The van der Waals surface area contributed by atoms with Gasteiger partial charge in [-0.05, 0) is 36.4 Å². The predicted octanol–water partition coefficient (Wildman–Crippen LogP) is 4.34. The Kier molecular flexibility index (Phi) is 3.38. The minimum absolute atomic E-state index is 0.252. The van der Waals surface area contributed by atoms with E-state index in [0.29, 0.717) is 10.2 Å². The van der Waals surface area contributed by atoms with Crippen molar-refractivity contribution in [1.29, 1.82) is 0 Å². The zero-order valence-electron chi connectivity index (χ0n) is 10.1. The molecule has 20 heavy (non-hydrogen) atoms. The van der Waals surface area contributed by atoms with Crippen LogP contribution in [0.2, 0.25) is 5.02 Å². The predicted molar refractivity (Wildman–Crippen MR) is 79.0 cm³/mol. The number of hydrogen-bond donors (Lipinski definition) is 1. The van der Waals surface area contributed by atoms with Gasteiger partial charge in [0.05, 0.1) is 10.2 Å². The molecule has 6 heteroatoms. The number of amides is 1. The smallest absolute Gasteiger partial charge is 0.257 e. The van der Waals surface area contributed by atoms with Crippen molar-refractivity contribution in [3.8, 4) is 0 Å². The van der Waals surface area contributed by atoms with E-state index in [9.17, 15) is 9.18 Å². The summed E-state index contributed by atoms with van der Waals surface area (Å²) in [5.41, 5.74) is 1.01. The number of carbonyl (C=O) groups excluding carboxylic acids is 1. The van der Waals surface area contributed by atoms with Crippen LogP contribution in [0.1, 0.15) is 10.4 Å². The number of fused-ring (bicyclic) bond motifs is 1. The minimum Gasteiger partial charge on any atom is -0.298 e. The Hall–Kier alpha value is -1.98. The molecular formula is C14H8ClFN2OS. The van der Waals surface area contributed by atoms with E-state index >= 15 is 0 Å². The standard InChI is InChI=1S/C14H8ClFN2OS/c15-9-4-5-11-12(7-9)20-14(17-11)18-13(19)8-2-1-3-10(16)6-8/h1-7H,(H,17,18,19). The highest BCUT2D eigenvalue weighted by atomic mass is 35.5. The van der Waals surface area contributed by atoms with Crippen LogP contribution in [0.3, 0.4) is 0 Å². The molecule has 1 heterocycles. The van der Waals surface area contributed by atoms with Gasteiger partial charge in [-0.15, -0.1) is 0 Å². The first kappa shape index (κ1) is 13.0. The number of carbonyl (C=O) groups is 1. The highest BCUT2D eigenvalue weighted by molar-refractivity contribution is 7.22. The molecule has 0 unspecified atom stereocenters. The van der Waals surface area contributed by atoms with Crippen LogP contribution in [-0.2, 0) is 0 Å². The van der Waals surface area contributed by atoms with Crippen molar-refractivity contribution in [2.45, 2.75) is 0 Å². The van der Waals surface area contributed by atoms with Crippen LogP contribution in [0.4, 0.5) is 9.52 Å². The van der Waals surface area contributed by atoms with E-state index in [1.165, 1.54) is 29.5 Å². The topological polar surface area (TPSA) is 42.0 Å². The molecule has 0 saturated carbocycles. The Morgan fingerprint density at radius 2 is 2.10 bits per heavy atom. The number of aromatic nitrogens is 1. The molecule has 1 aromatic heterocycles. The number of benzene rings is 2. The second-order valence-corrected chi connectivity index (χ2v) is 5.56. The van der Waals surface area contributed by atoms with Crippen LogP contribution in [-0.4, -0.2) is 10.9 Å². The van der Waals surface area contributed by atoms with E-state index in [1.54, 1.807) is 24.3 Å². The van der Waals surface area contributed by atoms with Crippen LogP contribution >= 0.6 is 22.9 Å². The average Bonchev–Trinajstić information content (AvgIpc) is 2.80. The largest absolute Gasteiger partial charge is 0.298 e. The highest BCUT2D eigenvalue weighted by Gasteiger charge is 2.10. The van der Waals surface area contributed by atoms with Gasteiger partial charge < -0.3 is 0 Å². The molecule has 2 aromatic carbocycles. The van der Waals surface area contributed by atoms with Crippen LogP contribution in [0, 0.1) is 5.82 Å². The zero-order valence-corrected chi connectivity index (χ0v) is 11.6. The lowest BCUT2D eigenvalue weighted by molar-refractivity contribution is 0.102. The van der Waals surface area contributed by atoms with Gasteiger partial charge in [0.15, 0.2) is 5.13 Å². The van der Waals surface area contributed by atoms with E-state index in [0.717, 1.165) is 10.2 Å². The molecule has 0 atom stereocenters. The minimum atomic E-state index is -0.450. The van der Waals surface area contributed by atoms with Crippen molar-refractivity contribution in [2.24, 2.45) is 0 Å². The summed E-state index contributed by atoms with van der Waals surface area (Å²) in [4.78, 5) is 16.2. The fraction of sp³-hybridized carbons (Fsp3) is 0. The highest BCUT2D eigenvalue weighted by Crippen LogP contribution is 2.28. The Bertz CT molecular complexity index is 803. The summed E-state index contributed by atoms with van der Waals surface area (Å²) in [6.07, 6.45) is 0. The second kappa shape index (κ2) is 5.19. The van der Waals surface area contributed by atoms with Gasteiger partial charge in [-0.1, -0.05) is 29.0 Å². The van der Waals surface area contributed by atoms with Crippen molar-refractivity contribution in [2.75, 3.05) is 5.32 Å². The quantitative estimate of drug-likeness (QED) is 0.765. The molecule has 0 radical (unpaired) electrons. The third-order valence-corrected chi connectivity index (χ3v) is 3.83. The molecule has 3 rings (SSSR count). The Morgan fingerprint density at radius 1 is 1.25 bits per heavy atom. The lowest BCUT2D eigenvalue weighted by Gasteiger charge is -2.00. The van der Waals surface area contributed by atoms with Gasteiger partial charge in [0.25, 0.3) is 5.91 Å². The lowest BCUT2D eigenvalue weighted by Crippen LogP contribution is -2.11. The normalized spacial score (nSPS) is 10.7. The first-order valence-electron chi connectivity index (χ1n) is 5.75. The monoisotopic (exact) mass is 306 g/mol.